The van der Waals surface area contributed by atoms with Crippen LogP contribution in [0.5, 0.6) is 0 Å². The zero-order valence-electron chi connectivity index (χ0n) is 45.1. The first-order chi connectivity index (χ1) is 41.4. The number of fused-ring (bicyclic) bond motifs is 1. The average Bonchev–Trinajstić information content (AvgIpc) is 2.37. The number of nitrogens with zero attached hydrogens (tertiary/aromatic N) is 4. The van der Waals surface area contributed by atoms with Crippen LogP contribution in [0.25, 0.3) is 0 Å². The number of anilines is 1. The molecule has 0 spiro atoms. The quantitative estimate of drug-likeness (QED) is 0.0190. The van der Waals surface area contributed by atoms with E-state index in [-0.39, 0.29) is 17.1 Å². The van der Waals surface area contributed by atoms with E-state index in [0.717, 1.165) is 49.5 Å². The number of allylic oxidation sites excluding steroid dienone is 1. The van der Waals surface area contributed by atoms with Crippen molar-refractivity contribution in [3.63, 3.8) is 0 Å². The van der Waals surface area contributed by atoms with Crippen molar-refractivity contribution in [2.45, 2.75) is 33.7 Å². The summed E-state index contributed by atoms with van der Waals surface area (Å²) in [5.74, 6) is -1.59. The van der Waals surface area contributed by atoms with Crippen LogP contribution in [0.2, 0.25) is 0 Å². The Kier molecular flexibility index (Phi) is 16.5. The van der Waals surface area contributed by atoms with E-state index in [1.54, 1.807) is 11.6 Å². The van der Waals surface area contributed by atoms with Gasteiger partial charge in [-0.15, -0.1) is 23.1 Å². The third-order valence-corrected chi connectivity index (χ3v) is 17.5. The molecular formula is C70H54N6O5S3. The summed E-state index contributed by atoms with van der Waals surface area (Å²) in [4.78, 5) is 63.7. The predicted octanol–water partition coefficient (Wildman–Crippen LogP) is 13.9. The lowest BCUT2D eigenvalue weighted by atomic mass is 9.77. The van der Waals surface area contributed by atoms with Crippen molar-refractivity contribution in [1.29, 1.82) is 0 Å². The summed E-state index contributed by atoms with van der Waals surface area (Å²) in [7, 11) is 0. The van der Waals surface area contributed by atoms with E-state index in [2.05, 4.69) is 52.0 Å². The molecule has 0 aliphatic carbocycles. The van der Waals surface area contributed by atoms with Crippen molar-refractivity contribution < 1.29 is 24.0 Å². The monoisotopic (exact) mass is 1150 g/mol. The van der Waals surface area contributed by atoms with Gasteiger partial charge in [-0.25, -0.2) is 14.8 Å². The second kappa shape index (κ2) is 25.3. The number of hydrogen-bond donors (Lipinski definition) is 2. The molecule has 0 saturated carbocycles. The number of carbonyl (C=O) groups is 3. The third-order valence-electron chi connectivity index (χ3n) is 14.7. The molecule has 14 heteroatoms. The number of ether oxygens (including phenoxy) is 1. The van der Waals surface area contributed by atoms with Gasteiger partial charge in [-0.3, -0.25) is 14.5 Å². The second-order valence-corrected chi connectivity index (χ2v) is 22.6. The number of pyridine rings is 1. The van der Waals surface area contributed by atoms with Crippen LogP contribution in [0.3, 0.4) is 0 Å². The maximum atomic E-state index is 15.6. The number of aromatic nitrogens is 2. The SMILES string of the molecule is O=C(NC1C(=O)N2C(C(=O)OC(c3ccccc3)c3ccccc3)=C(C=CSc3ccccn3)CS[C@@H]12)C(=NOC(c1ccccc1)(c1ccccc1)c1ccccc1)c1csc(NC(c2ccccc2)(c2ccccc2)c2ccccc2)n1. The van der Waals surface area contributed by atoms with Gasteiger partial charge < -0.3 is 20.2 Å². The van der Waals surface area contributed by atoms with E-state index in [1.165, 1.54) is 39.8 Å². The summed E-state index contributed by atoms with van der Waals surface area (Å²) in [6, 6.07) is 83.3. The Bertz CT molecular complexity index is 3730. The molecule has 10 aromatic rings. The van der Waals surface area contributed by atoms with Crippen LogP contribution in [-0.4, -0.2) is 55.5 Å². The van der Waals surface area contributed by atoms with E-state index in [4.69, 9.17) is 19.7 Å². The summed E-state index contributed by atoms with van der Waals surface area (Å²) in [6.45, 7) is 0. The number of thiazole rings is 1. The summed E-state index contributed by atoms with van der Waals surface area (Å²) >= 11 is 4.12. The number of rotatable bonds is 20. The zero-order chi connectivity index (χ0) is 57.1. The second-order valence-electron chi connectivity index (χ2n) is 19.8. The Labute approximate surface area is 499 Å². The van der Waals surface area contributed by atoms with Gasteiger partial charge in [0, 0.05) is 34.0 Å². The maximum absolute atomic E-state index is 15.6. The van der Waals surface area contributed by atoms with Crippen LogP contribution in [0.1, 0.15) is 56.3 Å². The van der Waals surface area contributed by atoms with Gasteiger partial charge >= 0.3 is 5.97 Å². The third kappa shape index (κ3) is 11.2. The minimum Gasteiger partial charge on any atom is -0.448 e. The number of thioether (sulfide) groups is 2. The Balaban J connectivity index is 0.934. The van der Waals surface area contributed by atoms with Gasteiger partial charge in [0.05, 0.1) is 0 Å². The van der Waals surface area contributed by atoms with Crippen molar-refractivity contribution in [1.82, 2.24) is 20.2 Å². The number of carbonyl (C=O) groups excluding carboxylic acids is 3. The van der Waals surface area contributed by atoms with Gasteiger partial charge in [0.15, 0.2) is 16.9 Å². The fraction of sp³-hybridized carbons (Fsp3) is 0.0857. The first kappa shape index (κ1) is 55.0. The van der Waals surface area contributed by atoms with Crippen LogP contribution in [-0.2, 0) is 35.1 Å². The molecule has 1 unspecified atom stereocenters. The molecule has 1 fully saturated rings. The minimum absolute atomic E-state index is 0.0912. The maximum Gasteiger partial charge on any atom is 0.356 e. The number of amides is 2. The van der Waals surface area contributed by atoms with Crippen LogP contribution in [0.4, 0.5) is 5.13 Å². The normalized spacial score (nSPS) is 15.3. The molecule has 2 aliphatic rings. The number of oxime groups is 1. The molecule has 1 saturated heterocycles. The van der Waals surface area contributed by atoms with E-state index >= 15 is 9.59 Å². The van der Waals surface area contributed by atoms with Crippen molar-refractivity contribution in [2.24, 2.45) is 5.16 Å². The molecule has 2 atom stereocenters. The van der Waals surface area contributed by atoms with Gasteiger partial charge in [0.25, 0.3) is 11.8 Å². The Morgan fingerprint density at radius 1 is 0.619 bits per heavy atom. The fourth-order valence-electron chi connectivity index (χ4n) is 10.7. The van der Waals surface area contributed by atoms with Gasteiger partial charge in [0.2, 0.25) is 5.60 Å². The first-order valence-corrected chi connectivity index (χ1v) is 30.1. The Morgan fingerprint density at radius 3 is 1.56 bits per heavy atom. The van der Waals surface area contributed by atoms with Gasteiger partial charge in [-0.2, -0.15) is 0 Å². The molecular weight excluding hydrogens is 1100 g/mol. The predicted molar refractivity (Wildman–Crippen MR) is 334 cm³/mol. The molecule has 2 aliphatic heterocycles. The van der Waals surface area contributed by atoms with Gasteiger partial charge in [-0.05, 0) is 57.0 Å². The van der Waals surface area contributed by atoms with Crippen molar-refractivity contribution >= 4 is 63.5 Å². The highest BCUT2D eigenvalue weighted by atomic mass is 32.2. The lowest BCUT2D eigenvalue weighted by Crippen LogP contribution is -2.71. The van der Waals surface area contributed by atoms with Gasteiger partial charge in [-0.1, -0.05) is 266 Å². The van der Waals surface area contributed by atoms with Crippen LogP contribution >= 0.6 is 34.9 Å². The topological polar surface area (TPSA) is 135 Å². The molecule has 8 aromatic carbocycles. The van der Waals surface area contributed by atoms with Crippen LogP contribution < -0.4 is 10.6 Å². The number of benzene rings is 8. The molecule has 12 rings (SSSR count). The molecule has 11 nitrogen and oxygen atoms in total. The van der Waals surface area contributed by atoms with E-state index in [1.807, 2.05) is 236 Å². The molecule has 2 N–H and O–H groups in total. The van der Waals surface area contributed by atoms with Crippen LogP contribution in [0, 0.1) is 0 Å². The molecule has 412 valence electrons. The highest BCUT2D eigenvalue weighted by Gasteiger charge is 2.55. The fourth-order valence-corrected chi connectivity index (χ4v) is 13.4. The number of β-lactam (4-membered cyclic amide) rings is 1. The van der Waals surface area contributed by atoms with Crippen LogP contribution in [0.15, 0.2) is 305 Å². The summed E-state index contributed by atoms with van der Waals surface area (Å²) in [5.41, 5.74) is 5.04. The standard InChI is InChI=1S/C70H54N6O5S3/c77-64(73-61-65(78)76-62(51(47-83-66(61)76)44-46-82-59-43-25-26-45-71-59)67(79)80-63(49-27-9-1-10-28-49)50-29-11-2-12-30-50)60(75-81-70(55-37-19-6-20-38-55,56-39-21-7-22-40-56)57-41-23-8-24-42-57)58-48-84-68(72-58)74-69(52-31-13-3-14-32-52,53-33-15-4-16-34-53)54-35-17-5-18-36-54/h1-46,48,61,63,66H,47H2,(H,72,74)(H,73,77)/t61?,66-/m0/s1. The zero-order valence-corrected chi connectivity index (χ0v) is 47.6. The largest absolute Gasteiger partial charge is 0.448 e. The average molecular weight is 1160 g/mol. The number of esters is 1. The lowest BCUT2D eigenvalue weighted by Gasteiger charge is -2.49. The van der Waals surface area contributed by atoms with E-state index in [9.17, 15) is 4.79 Å². The summed E-state index contributed by atoms with van der Waals surface area (Å²) in [5, 5.41) is 16.0. The Morgan fingerprint density at radius 2 is 1.08 bits per heavy atom. The molecule has 0 radical (unpaired) electrons. The molecule has 84 heavy (non-hydrogen) atoms. The number of nitrogens with one attached hydrogen (secondary N) is 2. The van der Waals surface area contributed by atoms with Crippen molar-refractivity contribution in [2.75, 3.05) is 11.1 Å². The number of hydrogen-bond acceptors (Lipinski definition) is 12. The molecule has 4 heterocycles. The molecule has 2 aromatic heterocycles. The lowest BCUT2D eigenvalue weighted by molar-refractivity contribution is -0.154. The smallest absolute Gasteiger partial charge is 0.356 e. The van der Waals surface area contributed by atoms with Gasteiger partial charge in [0.1, 0.15) is 33.4 Å². The highest BCUT2D eigenvalue weighted by Crippen LogP contribution is 2.45. The van der Waals surface area contributed by atoms with Crippen molar-refractivity contribution in [3.05, 3.63) is 345 Å². The summed E-state index contributed by atoms with van der Waals surface area (Å²) in [6.07, 6.45) is 2.76. The van der Waals surface area contributed by atoms with E-state index < -0.39 is 46.4 Å². The minimum atomic E-state index is -1.38. The molecule has 0 bridgehead atoms. The van der Waals surface area contributed by atoms with E-state index in [0.29, 0.717) is 16.5 Å². The Hall–Kier alpha value is -9.60. The highest BCUT2D eigenvalue weighted by molar-refractivity contribution is 8.02. The summed E-state index contributed by atoms with van der Waals surface area (Å²) < 4.78 is 6.48. The van der Waals surface area contributed by atoms with Crippen molar-refractivity contribution in [3.8, 4) is 0 Å². The molecule has 2 amide bonds. The first-order valence-electron chi connectivity index (χ1n) is 27.3.